The van der Waals surface area contributed by atoms with Crippen LogP contribution in [0.5, 0.6) is 0 Å². The molecule has 7 atom stereocenters. The maximum Gasteiger partial charge on any atom is 0.472 e. The minimum absolute atomic E-state index is 0.292. The quantitative estimate of drug-likeness (QED) is 0.114. The molecular formula is C16H38NO11P. The lowest BCUT2D eigenvalue weighted by Gasteiger charge is -2.32. The molecule has 7 unspecified atom stereocenters. The summed E-state index contributed by atoms with van der Waals surface area (Å²) in [4.78, 5) is 9.06. The highest BCUT2D eigenvalue weighted by Crippen LogP contribution is 2.41. The van der Waals surface area contributed by atoms with Gasteiger partial charge in [0.25, 0.3) is 0 Å². The van der Waals surface area contributed by atoms with Crippen LogP contribution in [0.1, 0.15) is 27.7 Å². The first kappa shape index (κ1) is 31.0. The SMILES string of the molecule is CC.COC(CO)C(OC(C)C)C(O)NCC(O)C(O)C(O)COP(=O)(O)OC. The van der Waals surface area contributed by atoms with Crippen molar-refractivity contribution in [1.29, 1.82) is 0 Å². The first-order valence-electron chi connectivity index (χ1n) is 9.26. The summed E-state index contributed by atoms with van der Waals surface area (Å²) < 4.78 is 30.3. The molecule has 0 spiro atoms. The fourth-order valence-electron chi connectivity index (χ4n) is 2.05. The van der Waals surface area contributed by atoms with Crippen LogP contribution < -0.4 is 5.32 Å². The van der Waals surface area contributed by atoms with Gasteiger partial charge >= 0.3 is 7.82 Å². The molecule has 0 aromatic carbocycles. The van der Waals surface area contributed by atoms with Crippen molar-refractivity contribution in [2.75, 3.05) is 34.0 Å². The van der Waals surface area contributed by atoms with E-state index in [9.17, 15) is 30.1 Å². The van der Waals surface area contributed by atoms with E-state index in [0.29, 0.717) is 0 Å². The number of aliphatic hydroxyl groups excluding tert-OH is 5. The zero-order valence-corrected chi connectivity index (χ0v) is 18.7. The summed E-state index contributed by atoms with van der Waals surface area (Å²) in [5.74, 6) is 0. The molecule has 7 N–H and O–H groups in total. The normalized spacial score (nSPS) is 20.0. The number of rotatable bonds is 15. The third-order valence-corrected chi connectivity index (χ3v) is 4.49. The summed E-state index contributed by atoms with van der Waals surface area (Å²) in [5.41, 5.74) is 0. The van der Waals surface area contributed by atoms with Gasteiger partial charge in [0.05, 0.1) is 25.4 Å². The molecule has 0 saturated heterocycles. The Bertz CT molecular complexity index is 439. The van der Waals surface area contributed by atoms with Gasteiger partial charge in [0.1, 0.15) is 30.6 Å². The highest BCUT2D eigenvalue weighted by Gasteiger charge is 2.32. The molecule has 29 heavy (non-hydrogen) atoms. The summed E-state index contributed by atoms with van der Waals surface area (Å²) in [6.45, 7) is 5.88. The van der Waals surface area contributed by atoms with Gasteiger partial charge in [-0.1, -0.05) is 13.8 Å². The number of hydrogen-bond donors (Lipinski definition) is 7. The molecule has 0 aliphatic carbocycles. The van der Waals surface area contributed by atoms with Gasteiger partial charge in [-0.3, -0.25) is 14.4 Å². The molecule has 0 bridgehead atoms. The molecule has 0 rings (SSSR count). The molecule has 0 radical (unpaired) electrons. The lowest BCUT2D eigenvalue weighted by atomic mass is 10.1. The zero-order chi connectivity index (χ0) is 23.2. The predicted molar refractivity (Wildman–Crippen MR) is 104 cm³/mol. The van der Waals surface area contributed by atoms with Crippen molar-refractivity contribution >= 4 is 7.82 Å². The number of hydrogen-bond acceptors (Lipinski definition) is 11. The molecule has 0 saturated carbocycles. The molecular weight excluding hydrogens is 413 g/mol. The summed E-state index contributed by atoms with van der Waals surface area (Å²) in [7, 11) is -2.07. The first-order chi connectivity index (χ1) is 13.5. The van der Waals surface area contributed by atoms with Crippen LogP contribution in [0.25, 0.3) is 0 Å². The van der Waals surface area contributed by atoms with E-state index in [-0.39, 0.29) is 12.6 Å². The van der Waals surface area contributed by atoms with Crippen molar-refractivity contribution in [2.45, 2.75) is 70.5 Å². The first-order valence-corrected chi connectivity index (χ1v) is 10.8. The minimum atomic E-state index is -4.34. The Kier molecular flexibility index (Phi) is 17.6. The zero-order valence-electron chi connectivity index (χ0n) is 17.8. The van der Waals surface area contributed by atoms with E-state index >= 15 is 0 Å². The summed E-state index contributed by atoms with van der Waals surface area (Å²) in [6.07, 6.45) is -8.48. The molecule has 12 nitrogen and oxygen atoms in total. The highest BCUT2D eigenvalue weighted by molar-refractivity contribution is 7.47. The van der Waals surface area contributed by atoms with Gasteiger partial charge in [-0.05, 0) is 13.8 Å². The van der Waals surface area contributed by atoms with Crippen LogP contribution in [0.2, 0.25) is 0 Å². The third kappa shape index (κ3) is 12.9. The molecule has 178 valence electrons. The second-order valence-electron chi connectivity index (χ2n) is 6.03. The van der Waals surface area contributed by atoms with E-state index in [0.717, 1.165) is 7.11 Å². The number of methoxy groups -OCH3 is 1. The van der Waals surface area contributed by atoms with Gasteiger partial charge in [-0.2, -0.15) is 0 Å². The molecule has 0 aliphatic heterocycles. The van der Waals surface area contributed by atoms with Crippen LogP contribution in [0, 0.1) is 0 Å². The van der Waals surface area contributed by atoms with E-state index < -0.39 is 57.8 Å². The maximum absolute atomic E-state index is 11.1. The third-order valence-electron chi connectivity index (χ3n) is 3.55. The summed E-state index contributed by atoms with van der Waals surface area (Å²) in [5, 5.41) is 51.5. The van der Waals surface area contributed by atoms with Gasteiger partial charge in [0.15, 0.2) is 0 Å². The van der Waals surface area contributed by atoms with Crippen molar-refractivity contribution in [1.82, 2.24) is 5.32 Å². The van der Waals surface area contributed by atoms with Gasteiger partial charge in [0.2, 0.25) is 0 Å². The van der Waals surface area contributed by atoms with Gasteiger partial charge in [-0.25, -0.2) is 4.57 Å². The van der Waals surface area contributed by atoms with Gasteiger partial charge < -0.3 is 39.9 Å². The lowest BCUT2D eigenvalue weighted by Crippen LogP contribution is -2.54. The average molecular weight is 451 g/mol. The van der Waals surface area contributed by atoms with Crippen molar-refractivity contribution < 1.29 is 53.5 Å². The Morgan fingerprint density at radius 1 is 1.03 bits per heavy atom. The summed E-state index contributed by atoms with van der Waals surface area (Å²) >= 11 is 0. The lowest BCUT2D eigenvalue weighted by molar-refractivity contribution is -0.151. The monoisotopic (exact) mass is 451 g/mol. The number of phosphoric acid groups is 1. The molecule has 0 aromatic heterocycles. The Hall–Kier alpha value is -0.210. The number of aliphatic hydroxyl groups is 5. The molecule has 0 aliphatic rings. The van der Waals surface area contributed by atoms with Crippen molar-refractivity contribution in [3.05, 3.63) is 0 Å². The van der Waals surface area contributed by atoms with Crippen LogP contribution in [0.4, 0.5) is 0 Å². The predicted octanol–water partition coefficient (Wildman–Crippen LogP) is -1.43. The van der Waals surface area contributed by atoms with E-state index in [4.69, 9.17) is 14.4 Å². The van der Waals surface area contributed by atoms with E-state index in [2.05, 4.69) is 14.4 Å². The molecule has 0 amide bonds. The minimum Gasteiger partial charge on any atom is -0.394 e. The van der Waals surface area contributed by atoms with Crippen LogP contribution in [-0.2, 0) is 23.1 Å². The van der Waals surface area contributed by atoms with Crippen molar-refractivity contribution in [3.8, 4) is 0 Å². The van der Waals surface area contributed by atoms with Crippen LogP contribution in [0.3, 0.4) is 0 Å². The average Bonchev–Trinajstić information content (AvgIpc) is 2.70. The largest absolute Gasteiger partial charge is 0.472 e. The fraction of sp³-hybridized carbons (Fsp3) is 1.00. The van der Waals surface area contributed by atoms with Gasteiger partial charge in [-0.15, -0.1) is 0 Å². The Balaban J connectivity index is 0. The summed E-state index contributed by atoms with van der Waals surface area (Å²) in [6, 6.07) is 0. The molecule has 0 heterocycles. The fourth-order valence-corrected chi connectivity index (χ4v) is 2.50. The van der Waals surface area contributed by atoms with Crippen molar-refractivity contribution in [2.24, 2.45) is 0 Å². The molecule has 0 fully saturated rings. The number of ether oxygens (including phenoxy) is 2. The van der Waals surface area contributed by atoms with Crippen LogP contribution >= 0.6 is 7.82 Å². The standard InChI is InChI=1S/C14H32NO11P.C2H6/c1-8(2)26-13(11(6-16)23-3)14(20)15-5-9(17)12(19)10(18)7-25-27(21,22)24-4;1-2/h8-20H,5-7H2,1-4H3,(H,21,22);1-2H3. The topological polar surface area (TPSA) is 187 Å². The highest BCUT2D eigenvalue weighted by atomic mass is 31.2. The number of phosphoric ester groups is 1. The molecule has 13 heteroatoms. The second-order valence-corrected chi connectivity index (χ2v) is 7.59. The van der Waals surface area contributed by atoms with Crippen LogP contribution in [-0.4, -0.2) is 107 Å². The Morgan fingerprint density at radius 2 is 1.59 bits per heavy atom. The van der Waals surface area contributed by atoms with E-state index in [1.807, 2.05) is 13.8 Å². The van der Waals surface area contributed by atoms with Crippen LogP contribution in [0.15, 0.2) is 0 Å². The smallest absolute Gasteiger partial charge is 0.394 e. The Morgan fingerprint density at radius 3 is 2.00 bits per heavy atom. The molecule has 0 aromatic rings. The van der Waals surface area contributed by atoms with E-state index in [1.165, 1.54) is 7.11 Å². The van der Waals surface area contributed by atoms with E-state index in [1.54, 1.807) is 13.8 Å². The maximum atomic E-state index is 11.1. The Labute approximate surface area is 172 Å². The number of nitrogens with one attached hydrogen (secondary N) is 1. The van der Waals surface area contributed by atoms with Gasteiger partial charge in [0, 0.05) is 20.8 Å². The second kappa shape index (κ2) is 16.5. The van der Waals surface area contributed by atoms with Crippen molar-refractivity contribution in [3.63, 3.8) is 0 Å².